The van der Waals surface area contributed by atoms with Gasteiger partial charge in [0.25, 0.3) is 0 Å². The van der Waals surface area contributed by atoms with Crippen LogP contribution in [0.3, 0.4) is 0 Å². The third-order valence-electron chi connectivity index (χ3n) is 3.18. The molecule has 0 amide bonds. The fourth-order valence-corrected chi connectivity index (χ4v) is 4.10. The highest BCUT2D eigenvalue weighted by atomic mass is 32.2. The van der Waals surface area contributed by atoms with Gasteiger partial charge in [0.15, 0.2) is 9.84 Å². The molecule has 1 aromatic heterocycles. The van der Waals surface area contributed by atoms with Crippen molar-refractivity contribution in [1.29, 1.82) is 0 Å². The van der Waals surface area contributed by atoms with Crippen molar-refractivity contribution in [3.63, 3.8) is 0 Å². The molecule has 1 aliphatic heterocycles. The monoisotopic (exact) mass is 299 g/mol. The molecule has 0 saturated carbocycles. The van der Waals surface area contributed by atoms with Gasteiger partial charge in [0.05, 0.1) is 11.5 Å². The van der Waals surface area contributed by atoms with Gasteiger partial charge in [-0.1, -0.05) is 0 Å². The van der Waals surface area contributed by atoms with Crippen LogP contribution in [0.1, 0.15) is 17.8 Å². The Morgan fingerprint density at radius 1 is 1.40 bits per heavy atom. The largest absolute Gasteiger partial charge is 0.480 e. The molecule has 0 bridgehead atoms. The summed E-state index contributed by atoms with van der Waals surface area (Å²) >= 11 is 0. The standard InChI is InChI=1S/C12H17N3O4S/c1-8-5-9(2)14-12(13-8)15(6-11(16)17)10-3-4-20(18,19)7-10/h5,10H,3-4,6-7H2,1-2H3,(H,16,17). The Hall–Kier alpha value is -1.70. The summed E-state index contributed by atoms with van der Waals surface area (Å²) < 4.78 is 23.2. The summed E-state index contributed by atoms with van der Waals surface area (Å²) in [5.41, 5.74) is 1.45. The lowest BCUT2D eigenvalue weighted by Gasteiger charge is -2.26. The van der Waals surface area contributed by atoms with E-state index in [1.54, 1.807) is 19.9 Å². The van der Waals surface area contributed by atoms with Gasteiger partial charge in [0.1, 0.15) is 6.54 Å². The third-order valence-corrected chi connectivity index (χ3v) is 4.93. The summed E-state index contributed by atoms with van der Waals surface area (Å²) in [6, 6.07) is 1.41. The van der Waals surface area contributed by atoms with Crippen LogP contribution in [0.15, 0.2) is 6.07 Å². The van der Waals surface area contributed by atoms with E-state index < -0.39 is 15.8 Å². The second-order valence-corrected chi connectivity index (χ2v) is 7.26. The Morgan fingerprint density at radius 2 is 2.00 bits per heavy atom. The lowest BCUT2D eigenvalue weighted by molar-refractivity contribution is -0.135. The van der Waals surface area contributed by atoms with Crippen LogP contribution in [-0.4, -0.2) is 53.6 Å². The molecule has 1 unspecified atom stereocenters. The number of anilines is 1. The minimum Gasteiger partial charge on any atom is -0.480 e. The van der Waals surface area contributed by atoms with E-state index in [1.807, 2.05) is 0 Å². The molecular formula is C12H17N3O4S. The molecule has 1 aliphatic rings. The van der Waals surface area contributed by atoms with E-state index in [1.165, 1.54) is 4.90 Å². The van der Waals surface area contributed by atoms with E-state index in [0.717, 1.165) is 11.4 Å². The number of nitrogens with zero attached hydrogens (tertiary/aromatic N) is 3. The minimum atomic E-state index is -3.09. The number of aliphatic carboxylic acids is 1. The number of hydrogen-bond acceptors (Lipinski definition) is 6. The van der Waals surface area contributed by atoms with Gasteiger partial charge in [0.2, 0.25) is 5.95 Å². The van der Waals surface area contributed by atoms with Crippen LogP contribution in [0.25, 0.3) is 0 Å². The first kappa shape index (κ1) is 14.7. The predicted octanol–water partition coefficient (Wildman–Crippen LogP) is 0.172. The molecule has 1 aromatic rings. The van der Waals surface area contributed by atoms with E-state index in [-0.39, 0.29) is 30.0 Å². The van der Waals surface area contributed by atoms with Crippen LogP contribution < -0.4 is 4.90 Å². The van der Waals surface area contributed by atoms with Gasteiger partial charge < -0.3 is 10.0 Å². The molecule has 1 N–H and O–H groups in total. The number of sulfone groups is 1. The average molecular weight is 299 g/mol. The molecule has 0 spiro atoms. The Kier molecular flexibility index (Phi) is 3.94. The topological polar surface area (TPSA) is 100 Å². The summed E-state index contributed by atoms with van der Waals surface area (Å²) in [6.45, 7) is 3.29. The van der Waals surface area contributed by atoms with Gasteiger partial charge in [-0.15, -0.1) is 0 Å². The number of aromatic nitrogens is 2. The molecule has 0 radical (unpaired) electrons. The Bertz CT molecular complexity index is 609. The summed E-state index contributed by atoms with van der Waals surface area (Å²) in [5, 5.41) is 9.03. The van der Waals surface area contributed by atoms with Crippen molar-refractivity contribution >= 4 is 21.8 Å². The average Bonchev–Trinajstić information content (AvgIpc) is 2.64. The second-order valence-electron chi connectivity index (χ2n) is 5.03. The zero-order valence-electron chi connectivity index (χ0n) is 11.4. The van der Waals surface area contributed by atoms with Gasteiger partial charge in [-0.25, -0.2) is 18.4 Å². The van der Waals surface area contributed by atoms with Gasteiger partial charge in [0, 0.05) is 17.4 Å². The molecule has 2 rings (SSSR count). The summed E-state index contributed by atoms with van der Waals surface area (Å²) in [4.78, 5) is 21.0. The highest BCUT2D eigenvalue weighted by Gasteiger charge is 2.34. The Morgan fingerprint density at radius 3 is 2.45 bits per heavy atom. The van der Waals surface area contributed by atoms with Crippen LogP contribution in [-0.2, 0) is 14.6 Å². The summed E-state index contributed by atoms with van der Waals surface area (Å²) in [7, 11) is -3.09. The van der Waals surface area contributed by atoms with Gasteiger partial charge >= 0.3 is 5.97 Å². The maximum absolute atomic E-state index is 11.6. The number of carboxylic acids is 1. The lowest BCUT2D eigenvalue weighted by Crippen LogP contribution is -2.41. The number of carbonyl (C=O) groups is 1. The molecule has 20 heavy (non-hydrogen) atoms. The first-order valence-corrected chi connectivity index (χ1v) is 8.10. The summed E-state index contributed by atoms with van der Waals surface area (Å²) in [5.74, 6) is -0.709. The molecule has 1 saturated heterocycles. The van der Waals surface area contributed by atoms with Crippen molar-refractivity contribution in [2.24, 2.45) is 0 Å². The second kappa shape index (κ2) is 5.35. The smallest absolute Gasteiger partial charge is 0.323 e. The Balaban J connectivity index is 2.34. The predicted molar refractivity (Wildman–Crippen MR) is 73.5 cm³/mol. The van der Waals surface area contributed by atoms with E-state index in [2.05, 4.69) is 9.97 Å². The fourth-order valence-electron chi connectivity index (χ4n) is 2.37. The van der Waals surface area contributed by atoms with E-state index in [0.29, 0.717) is 6.42 Å². The van der Waals surface area contributed by atoms with Crippen molar-refractivity contribution in [2.45, 2.75) is 26.3 Å². The SMILES string of the molecule is Cc1cc(C)nc(N(CC(=O)O)C2CCS(=O)(=O)C2)n1. The first-order valence-electron chi connectivity index (χ1n) is 6.28. The molecule has 7 nitrogen and oxygen atoms in total. The number of hydrogen-bond donors (Lipinski definition) is 1. The van der Waals surface area contributed by atoms with Crippen molar-refractivity contribution < 1.29 is 18.3 Å². The van der Waals surface area contributed by atoms with Gasteiger partial charge in [-0.3, -0.25) is 4.79 Å². The Labute approximate surface area is 117 Å². The van der Waals surface area contributed by atoms with Crippen LogP contribution in [0.5, 0.6) is 0 Å². The highest BCUT2D eigenvalue weighted by molar-refractivity contribution is 7.91. The quantitative estimate of drug-likeness (QED) is 0.845. The van der Waals surface area contributed by atoms with Crippen molar-refractivity contribution in [3.8, 4) is 0 Å². The van der Waals surface area contributed by atoms with Gasteiger partial charge in [-0.2, -0.15) is 0 Å². The maximum Gasteiger partial charge on any atom is 0.323 e. The zero-order chi connectivity index (χ0) is 14.9. The zero-order valence-corrected chi connectivity index (χ0v) is 12.2. The van der Waals surface area contributed by atoms with Crippen LogP contribution >= 0.6 is 0 Å². The molecule has 110 valence electrons. The number of carboxylic acid groups (broad SMARTS) is 1. The fraction of sp³-hybridized carbons (Fsp3) is 0.583. The van der Waals surface area contributed by atoms with E-state index >= 15 is 0 Å². The van der Waals surface area contributed by atoms with E-state index in [9.17, 15) is 13.2 Å². The van der Waals surface area contributed by atoms with Crippen molar-refractivity contribution in [3.05, 3.63) is 17.5 Å². The molecule has 1 fully saturated rings. The van der Waals surface area contributed by atoms with Crippen LogP contribution in [0.4, 0.5) is 5.95 Å². The molecule has 8 heteroatoms. The van der Waals surface area contributed by atoms with Crippen molar-refractivity contribution in [2.75, 3.05) is 23.0 Å². The summed E-state index contributed by atoms with van der Waals surface area (Å²) in [6.07, 6.45) is 0.409. The highest BCUT2D eigenvalue weighted by Crippen LogP contribution is 2.22. The normalized spacial score (nSPS) is 20.8. The molecule has 2 heterocycles. The van der Waals surface area contributed by atoms with Crippen LogP contribution in [0, 0.1) is 13.8 Å². The molecule has 0 aliphatic carbocycles. The van der Waals surface area contributed by atoms with Crippen LogP contribution in [0.2, 0.25) is 0 Å². The number of aryl methyl sites for hydroxylation is 2. The molecular weight excluding hydrogens is 282 g/mol. The third kappa shape index (κ3) is 3.44. The molecule has 0 aromatic carbocycles. The van der Waals surface area contributed by atoms with Crippen molar-refractivity contribution in [1.82, 2.24) is 9.97 Å². The maximum atomic E-state index is 11.6. The minimum absolute atomic E-state index is 0.0450. The number of rotatable bonds is 4. The van der Waals surface area contributed by atoms with Gasteiger partial charge in [-0.05, 0) is 26.3 Å². The van der Waals surface area contributed by atoms with E-state index in [4.69, 9.17) is 5.11 Å². The lowest BCUT2D eigenvalue weighted by atomic mass is 10.2. The first-order chi connectivity index (χ1) is 9.27. The molecule has 1 atom stereocenters.